The summed E-state index contributed by atoms with van der Waals surface area (Å²) in [6, 6.07) is 18.4. The molecule has 194 valence electrons. The van der Waals surface area contributed by atoms with E-state index in [2.05, 4.69) is 20.3 Å². The number of hydrogen-bond donors (Lipinski definition) is 1. The molecule has 0 atom stereocenters. The number of nitrogens with zero attached hydrogens (tertiary/aromatic N) is 4. The molecule has 0 fully saturated rings. The highest BCUT2D eigenvalue weighted by molar-refractivity contribution is 5.95. The zero-order valence-electron chi connectivity index (χ0n) is 21.5. The van der Waals surface area contributed by atoms with Gasteiger partial charge in [0, 0.05) is 43.3 Å². The molecular weight excluding hydrogens is 482 g/mol. The van der Waals surface area contributed by atoms with E-state index in [1.807, 2.05) is 42.5 Å². The summed E-state index contributed by atoms with van der Waals surface area (Å²) in [6.45, 7) is 0.836. The SMILES string of the molecule is COc1ccc(CCN(C)C(=O)c2cccc(-c3ncc(C(=O)NCc4ccccn4)cn3)c2)cc1OC. The van der Waals surface area contributed by atoms with E-state index in [1.54, 1.807) is 50.6 Å². The molecule has 0 saturated carbocycles. The lowest BCUT2D eigenvalue weighted by molar-refractivity contribution is 0.0796. The molecule has 1 N–H and O–H groups in total. The normalized spacial score (nSPS) is 10.5. The van der Waals surface area contributed by atoms with Crippen LogP contribution in [-0.4, -0.2) is 59.5 Å². The number of aromatic nitrogens is 3. The monoisotopic (exact) mass is 511 g/mol. The van der Waals surface area contributed by atoms with Crippen LogP contribution in [0.3, 0.4) is 0 Å². The second-order valence-corrected chi connectivity index (χ2v) is 8.55. The van der Waals surface area contributed by atoms with Gasteiger partial charge in [0.05, 0.1) is 32.0 Å². The van der Waals surface area contributed by atoms with Crippen molar-refractivity contribution < 1.29 is 19.1 Å². The molecule has 38 heavy (non-hydrogen) atoms. The van der Waals surface area contributed by atoms with Gasteiger partial charge in [-0.05, 0) is 48.4 Å². The fourth-order valence-corrected chi connectivity index (χ4v) is 3.82. The molecule has 2 amide bonds. The lowest BCUT2D eigenvalue weighted by Crippen LogP contribution is -2.28. The van der Waals surface area contributed by atoms with Crippen molar-refractivity contribution in [3.8, 4) is 22.9 Å². The number of ether oxygens (including phenoxy) is 2. The highest BCUT2D eigenvalue weighted by Gasteiger charge is 2.15. The highest BCUT2D eigenvalue weighted by Crippen LogP contribution is 2.27. The van der Waals surface area contributed by atoms with Gasteiger partial charge in [-0.3, -0.25) is 14.6 Å². The average molecular weight is 512 g/mol. The summed E-state index contributed by atoms with van der Waals surface area (Å²) in [5, 5.41) is 2.80. The van der Waals surface area contributed by atoms with Crippen LogP contribution in [0, 0.1) is 0 Å². The first kappa shape index (κ1) is 26.3. The summed E-state index contributed by atoms with van der Waals surface area (Å²) in [5.41, 5.74) is 3.34. The predicted octanol–water partition coefficient (Wildman–Crippen LogP) is 3.80. The van der Waals surface area contributed by atoms with Gasteiger partial charge >= 0.3 is 0 Å². The van der Waals surface area contributed by atoms with Crippen molar-refractivity contribution in [2.75, 3.05) is 27.8 Å². The quantitative estimate of drug-likeness (QED) is 0.345. The number of benzene rings is 2. The zero-order chi connectivity index (χ0) is 26.9. The number of carbonyl (C=O) groups is 2. The van der Waals surface area contributed by atoms with Crippen LogP contribution in [0.25, 0.3) is 11.4 Å². The van der Waals surface area contributed by atoms with Crippen molar-refractivity contribution in [2.45, 2.75) is 13.0 Å². The van der Waals surface area contributed by atoms with E-state index < -0.39 is 0 Å². The molecule has 0 saturated heterocycles. The molecule has 0 bridgehead atoms. The molecule has 0 unspecified atom stereocenters. The van der Waals surface area contributed by atoms with Gasteiger partial charge in [-0.2, -0.15) is 0 Å². The number of amides is 2. The summed E-state index contributed by atoms with van der Waals surface area (Å²) >= 11 is 0. The second-order valence-electron chi connectivity index (χ2n) is 8.55. The van der Waals surface area contributed by atoms with Crippen LogP contribution in [0.5, 0.6) is 11.5 Å². The van der Waals surface area contributed by atoms with E-state index in [9.17, 15) is 9.59 Å². The first-order chi connectivity index (χ1) is 18.5. The van der Waals surface area contributed by atoms with Gasteiger partial charge in [-0.15, -0.1) is 0 Å². The van der Waals surface area contributed by atoms with E-state index in [1.165, 1.54) is 12.4 Å². The van der Waals surface area contributed by atoms with Gasteiger partial charge in [0.2, 0.25) is 0 Å². The molecule has 9 nitrogen and oxygen atoms in total. The van der Waals surface area contributed by atoms with Crippen LogP contribution in [0.2, 0.25) is 0 Å². The number of hydrogen-bond acceptors (Lipinski definition) is 7. The molecule has 0 aliphatic rings. The molecule has 2 aromatic heterocycles. The maximum absolute atomic E-state index is 13.1. The van der Waals surface area contributed by atoms with Crippen LogP contribution in [-0.2, 0) is 13.0 Å². The molecule has 0 radical (unpaired) electrons. The zero-order valence-corrected chi connectivity index (χ0v) is 21.5. The van der Waals surface area contributed by atoms with Gasteiger partial charge in [0.25, 0.3) is 11.8 Å². The first-order valence-electron chi connectivity index (χ1n) is 12.1. The maximum atomic E-state index is 13.1. The minimum Gasteiger partial charge on any atom is -0.493 e. The van der Waals surface area contributed by atoms with E-state index >= 15 is 0 Å². The fraction of sp³-hybridized carbons (Fsp3) is 0.207. The number of likely N-dealkylation sites (N-methyl/N-ethyl adjacent to an activating group) is 1. The first-order valence-corrected chi connectivity index (χ1v) is 12.1. The van der Waals surface area contributed by atoms with Crippen LogP contribution in [0.4, 0.5) is 0 Å². The highest BCUT2D eigenvalue weighted by atomic mass is 16.5. The minimum absolute atomic E-state index is 0.113. The maximum Gasteiger partial charge on any atom is 0.254 e. The van der Waals surface area contributed by atoms with Gasteiger partial charge in [-0.1, -0.05) is 24.3 Å². The van der Waals surface area contributed by atoms with Gasteiger partial charge < -0.3 is 19.7 Å². The third-order valence-electron chi connectivity index (χ3n) is 5.97. The Kier molecular flexibility index (Phi) is 8.61. The topological polar surface area (TPSA) is 107 Å². The molecular formula is C29H29N5O4. The molecule has 2 heterocycles. The molecule has 0 aliphatic carbocycles. The smallest absolute Gasteiger partial charge is 0.254 e. The van der Waals surface area contributed by atoms with E-state index in [0.717, 1.165) is 11.3 Å². The summed E-state index contributed by atoms with van der Waals surface area (Å²) in [4.78, 5) is 40.1. The molecule has 0 spiro atoms. The Morgan fingerprint density at radius 3 is 2.37 bits per heavy atom. The van der Waals surface area contributed by atoms with E-state index in [0.29, 0.717) is 53.5 Å². The standard InChI is InChI=1S/C29H29N5O4/c1-34(14-12-20-10-11-25(37-2)26(15-20)38-3)29(36)22-8-6-7-21(16-22)27-31-17-23(18-32-27)28(35)33-19-24-9-4-5-13-30-24/h4-11,13,15-18H,12,14,19H2,1-3H3,(H,33,35). The van der Waals surface area contributed by atoms with Gasteiger partial charge in [0.15, 0.2) is 17.3 Å². The molecule has 4 aromatic rings. The molecule has 4 rings (SSSR count). The Labute approximate surface area is 221 Å². The van der Waals surface area contributed by atoms with Crippen molar-refractivity contribution in [1.82, 2.24) is 25.2 Å². The molecule has 2 aromatic carbocycles. The minimum atomic E-state index is -0.290. The average Bonchev–Trinajstić information content (AvgIpc) is 2.98. The van der Waals surface area contributed by atoms with E-state index in [4.69, 9.17) is 9.47 Å². The second kappa shape index (κ2) is 12.4. The molecule has 9 heteroatoms. The van der Waals surface area contributed by atoms with Crippen molar-refractivity contribution in [3.05, 3.63) is 102 Å². The third-order valence-corrected chi connectivity index (χ3v) is 5.97. The lowest BCUT2D eigenvalue weighted by Gasteiger charge is -2.18. The van der Waals surface area contributed by atoms with Crippen molar-refractivity contribution >= 4 is 11.8 Å². The van der Waals surface area contributed by atoms with Crippen molar-refractivity contribution in [1.29, 1.82) is 0 Å². The Balaban J connectivity index is 1.37. The summed E-state index contributed by atoms with van der Waals surface area (Å²) in [7, 11) is 4.96. The number of rotatable bonds is 10. The number of nitrogens with one attached hydrogen (secondary N) is 1. The largest absolute Gasteiger partial charge is 0.493 e. The van der Waals surface area contributed by atoms with Crippen molar-refractivity contribution in [3.63, 3.8) is 0 Å². The van der Waals surface area contributed by atoms with Crippen LogP contribution in [0.15, 0.2) is 79.3 Å². The Morgan fingerprint density at radius 1 is 0.868 bits per heavy atom. The van der Waals surface area contributed by atoms with Gasteiger partial charge in [0.1, 0.15) is 0 Å². The Bertz CT molecular complexity index is 1390. The Morgan fingerprint density at radius 2 is 1.66 bits per heavy atom. The summed E-state index contributed by atoms with van der Waals surface area (Å²) in [5.74, 6) is 1.34. The number of methoxy groups -OCH3 is 2. The number of carbonyl (C=O) groups excluding carboxylic acids is 2. The summed E-state index contributed by atoms with van der Waals surface area (Å²) in [6.07, 6.45) is 5.28. The number of pyridine rings is 1. The van der Waals surface area contributed by atoms with E-state index in [-0.39, 0.29) is 11.8 Å². The predicted molar refractivity (Wildman–Crippen MR) is 143 cm³/mol. The fourth-order valence-electron chi connectivity index (χ4n) is 3.82. The van der Waals surface area contributed by atoms with Crippen molar-refractivity contribution in [2.24, 2.45) is 0 Å². The lowest BCUT2D eigenvalue weighted by atomic mass is 10.1. The van der Waals surface area contributed by atoms with Gasteiger partial charge in [-0.25, -0.2) is 9.97 Å². The third kappa shape index (κ3) is 6.50. The summed E-state index contributed by atoms with van der Waals surface area (Å²) < 4.78 is 10.6. The Hall–Kier alpha value is -4.79. The van der Waals surface area contributed by atoms with Crippen LogP contribution >= 0.6 is 0 Å². The molecule has 0 aliphatic heterocycles. The van der Waals surface area contributed by atoms with Crippen LogP contribution in [0.1, 0.15) is 32.0 Å². The van der Waals surface area contributed by atoms with Crippen LogP contribution < -0.4 is 14.8 Å².